The molecule has 0 aliphatic carbocycles. The summed E-state index contributed by atoms with van der Waals surface area (Å²) in [5.74, 6) is -1.18. The third-order valence-corrected chi connectivity index (χ3v) is 4.33. The van der Waals surface area contributed by atoms with E-state index in [9.17, 15) is 19.2 Å². The Labute approximate surface area is 172 Å². The highest BCUT2D eigenvalue weighted by Gasteiger charge is 2.28. The Balaban J connectivity index is 1.76. The first-order chi connectivity index (χ1) is 14.2. The molecule has 154 valence electrons. The first-order valence-electron chi connectivity index (χ1n) is 8.98. The average molecular weight is 408 g/mol. The van der Waals surface area contributed by atoms with Crippen molar-refractivity contribution in [3.05, 3.63) is 46.8 Å². The second-order valence-corrected chi connectivity index (χ2v) is 6.69. The van der Waals surface area contributed by atoms with E-state index in [0.29, 0.717) is 11.4 Å². The maximum Gasteiger partial charge on any atom is 0.296 e. The van der Waals surface area contributed by atoms with Crippen LogP contribution in [-0.4, -0.2) is 59.4 Å². The second kappa shape index (κ2) is 8.11. The van der Waals surface area contributed by atoms with Crippen LogP contribution in [0.5, 0.6) is 0 Å². The van der Waals surface area contributed by atoms with Crippen LogP contribution >= 0.6 is 0 Å². The zero-order chi connectivity index (χ0) is 22.0. The Morgan fingerprint density at radius 1 is 0.767 bits per heavy atom. The largest absolute Gasteiger partial charge is 0.310 e. The lowest BCUT2D eigenvalue weighted by Gasteiger charge is -2.15. The SMILES string of the molecule is CC(=O)NC1=NC(=O)/C(=C/c2ccc(/C=C3/C(=O)N=C(NC(C)=O)N3C)cc2)N1C. The second-order valence-electron chi connectivity index (χ2n) is 6.69. The highest BCUT2D eigenvalue weighted by Crippen LogP contribution is 2.20. The van der Waals surface area contributed by atoms with Crippen LogP contribution in [0, 0.1) is 0 Å². The van der Waals surface area contributed by atoms with Crippen LogP contribution in [0.3, 0.4) is 0 Å². The van der Waals surface area contributed by atoms with E-state index in [1.165, 1.54) is 23.6 Å². The van der Waals surface area contributed by atoms with Crippen LogP contribution in [0.25, 0.3) is 12.2 Å². The summed E-state index contributed by atoms with van der Waals surface area (Å²) < 4.78 is 0. The van der Waals surface area contributed by atoms with Gasteiger partial charge in [0.25, 0.3) is 11.8 Å². The number of guanidine groups is 2. The summed E-state index contributed by atoms with van der Waals surface area (Å²) >= 11 is 0. The van der Waals surface area contributed by atoms with E-state index in [0.717, 1.165) is 11.1 Å². The number of aliphatic imine (C=N–C) groups is 2. The van der Waals surface area contributed by atoms with E-state index >= 15 is 0 Å². The van der Waals surface area contributed by atoms with Crippen molar-refractivity contribution in [1.82, 2.24) is 20.4 Å². The minimum absolute atomic E-state index is 0.179. The summed E-state index contributed by atoms with van der Waals surface area (Å²) in [5.41, 5.74) is 2.13. The molecule has 3 rings (SSSR count). The number of carbonyl (C=O) groups is 4. The van der Waals surface area contributed by atoms with Crippen molar-refractivity contribution in [1.29, 1.82) is 0 Å². The molecule has 0 bridgehead atoms. The van der Waals surface area contributed by atoms with Crippen molar-refractivity contribution in [3.63, 3.8) is 0 Å². The van der Waals surface area contributed by atoms with Gasteiger partial charge < -0.3 is 9.80 Å². The van der Waals surface area contributed by atoms with Gasteiger partial charge in [-0.05, 0) is 23.3 Å². The third kappa shape index (κ3) is 4.32. The number of nitrogens with zero attached hydrogens (tertiary/aromatic N) is 4. The number of nitrogens with one attached hydrogen (secondary N) is 2. The summed E-state index contributed by atoms with van der Waals surface area (Å²) in [7, 11) is 3.27. The number of likely N-dealkylation sites (N-methyl/N-ethyl adjacent to an activating group) is 2. The molecule has 10 heteroatoms. The molecule has 2 heterocycles. The monoisotopic (exact) mass is 408 g/mol. The molecule has 1 aromatic rings. The van der Waals surface area contributed by atoms with E-state index in [1.54, 1.807) is 50.5 Å². The number of benzene rings is 1. The van der Waals surface area contributed by atoms with Crippen LogP contribution in [0.2, 0.25) is 0 Å². The Kier molecular flexibility index (Phi) is 5.58. The van der Waals surface area contributed by atoms with Crippen molar-refractivity contribution >= 4 is 47.7 Å². The van der Waals surface area contributed by atoms with Gasteiger partial charge in [0.15, 0.2) is 0 Å². The molecule has 0 unspecified atom stereocenters. The van der Waals surface area contributed by atoms with Crippen molar-refractivity contribution in [2.45, 2.75) is 13.8 Å². The summed E-state index contributed by atoms with van der Waals surface area (Å²) in [4.78, 5) is 57.3. The fourth-order valence-corrected chi connectivity index (χ4v) is 2.83. The third-order valence-electron chi connectivity index (χ3n) is 4.33. The molecule has 0 spiro atoms. The minimum Gasteiger partial charge on any atom is -0.310 e. The molecule has 1 aromatic carbocycles. The van der Waals surface area contributed by atoms with Crippen LogP contribution in [0.1, 0.15) is 25.0 Å². The molecule has 2 aliphatic heterocycles. The van der Waals surface area contributed by atoms with Gasteiger partial charge in [0.1, 0.15) is 11.4 Å². The zero-order valence-electron chi connectivity index (χ0n) is 16.9. The Hall–Kier alpha value is -4.08. The molecule has 0 fully saturated rings. The van der Waals surface area contributed by atoms with E-state index in [1.807, 2.05) is 0 Å². The summed E-state index contributed by atoms with van der Waals surface area (Å²) in [6.07, 6.45) is 3.31. The van der Waals surface area contributed by atoms with Gasteiger partial charge >= 0.3 is 0 Å². The fourth-order valence-electron chi connectivity index (χ4n) is 2.83. The molecule has 0 atom stereocenters. The Morgan fingerprint density at radius 2 is 1.10 bits per heavy atom. The maximum absolute atomic E-state index is 12.1. The zero-order valence-corrected chi connectivity index (χ0v) is 16.9. The van der Waals surface area contributed by atoms with Crippen molar-refractivity contribution < 1.29 is 19.2 Å². The van der Waals surface area contributed by atoms with E-state index < -0.39 is 11.8 Å². The predicted molar refractivity (Wildman–Crippen MR) is 110 cm³/mol. The molecular formula is C20H20N6O4. The molecule has 10 nitrogen and oxygen atoms in total. The van der Waals surface area contributed by atoms with Gasteiger partial charge in [-0.15, -0.1) is 0 Å². The van der Waals surface area contributed by atoms with Crippen LogP contribution in [0.15, 0.2) is 45.6 Å². The molecular weight excluding hydrogens is 388 g/mol. The summed E-state index contributed by atoms with van der Waals surface area (Å²) in [5, 5.41) is 5.01. The maximum atomic E-state index is 12.1. The van der Waals surface area contributed by atoms with Crippen LogP contribution < -0.4 is 10.6 Å². The number of carbonyl (C=O) groups excluding carboxylic acids is 4. The lowest BCUT2D eigenvalue weighted by molar-refractivity contribution is -0.118. The van der Waals surface area contributed by atoms with Gasteiger partial charge in [0.05, 0.1) is 0 Å². The summed E-state index contributed by atoms with van der Waals surface area (Å²) in [6.45, 7) is 2.68. The highest BCUT2D eigenvalue weighted by molar-refractivity contribution is 6.16. The van der Waals surface area contributed by atoms with Gasteiger partial charge in [-0.1, -0.05) is 24.3 Å². The molecule has 4 amide bonds. The van der Waals surface area contributed by atoms with Gasteiger partial charge in [-0.3, -0.25) is 29.8 Å². The molecule has 0 aromatic heterocycles. The minimum atomic E-state index is -0.451. The van der Waals surface area contributed by atoms with Crippen LogP contribution in [0.4, 0.5) is 0 Å². The van der Waals surface area contributed by atoms with Crippen LogP contribution in [-0.2, 0) is 19.2 Å². The Bertz CT molecular complexity index is 980. The van der Waals surface area contributed by atoms with Gasteiger partial charge in [0.2, 0.25) is 23.7 Å². The first-order valence-corrected chi connectivity index (χ1v) is 8.98. The molecule has 0 radical (unpaired) electrons. The number of hydrogen-bond acceptors (Lipinski definition) is 6. The molecule has 2 aliphatic rings. The first kappa shape index (κ1) is 20.6. The van der Waals surface area contributed by atoms with Crippen molar-refractivity contribution in [2.75, 3.05) is 14.1 Å². The average Bonchev–Trinajstić information content (AvgIpc) is 3.06. The molecule has 2 N–H and O–H groups in total. The predicted octanol–water partition coefficient (Wildman–Crippen LogP) is 0.297. The van der Waals surface area contributed by atoms with Gasteiger partial charge in [0, 0.05) is 27.9 Å². The summed E-state index contributed by atoms with van der Waals surface area (Å²) in [6, 6.07) is 7.13. The van der Waals surface area contributed by atoms with Crippen molar-refractivity contribution in [3.8, 4) is 0 Å². The number of rotatable bonds is 2. The quantitative estimate of drug-likeness (QED) is 0.679. The standard InChI is InChI=1S/C20H20N6O4/c1-11(27)21-19-23-17(29)15(25(19)3)9-13-5-7-14(8-6-13)10-16-18(30)24-20(26(16)4)22-12(2)28/h5-10H,1-4H3,(H,21,23,27,29)(H,22,24,28,30)/b15-9-,16-10-. The van der Waals surface area contributed by atoms with Crippen molar-refractivity contribution in [2.24, 2.45) is 9.98 Å². The smallest absolute Gasteiger partial charge is 0.296 e. The topological polar surface area (TPSA) is 124 Å². The van der Waals surface area contributed by atoms with E-state index in [-0.39, 0.29) is 23.7 Å². The van der Waals surface area contributed by atoms with Gasteiger partial charge in [-0.2, -0.15) is 9.98 Å². The van der Waals surface area contributed by atoms with E-state index in [4.69, 9.17) is 0 Å². The number of amides is 4. The molecule has 30 heavy (non-hydrogen) atoms. The number of hydrogen-bond donors (Lipinski definition) is 2. The lowest BCUT2D eigenvalue weighted by atomic mass is 10.1. The highest BCUT2D eigenvalue weighted by atomic mass is 16.2. The molecule has 0 saturated heterocycles. The molecule has 0 saturated carbocycles. The van der Waals surface area contributed by atoms with Gasteiger partial charge in [-0.25, -0.2) is 0 Å². The normalized spacial score (nSPS) is 18.8. The van der Waals surface area contributed by atoms with E-state index in [2.05, 4.69) is 20.6 Å². The lowest BCUT2D eigenvalue weighted by Crippen LogP contribution is -2.37. The Morgan fingerprint density at radius 3 is 1.40 bits per heavy atom. The fraction of sp³-hybridized carbons (Fsp3) is 0.200.